The molecule has 1 fully saturated rings. The van der Waals surface area contributed by atoms with Crippen LogP contribution in [0.25, 0.3) is 5.65 Å². The molecule has 214 valence electrons. The van der Waals surface area contributed by atoms with E-state index in [9.17, 15) is 26.7 Å². The monoisotopic (exact) mass is 572 g/mol. The number of halogens is 5. The minimum atomic E-state index is -4.54. The Morgan fingerprint density at radius 3 is 2.49 bits per heavy atom. The summed E-state index contributed by atoms with van der Waals surface area (Å²) in [5.41, 5.74) is -1.42. The number of amides is 1. The number of carbonyl (C=O) groups is 1. The standard InChI is InChI=1S/C25H33F5N6O2Si/c1-39(2,3)12-11-38-15-36-22(23(26)27)18(13-31-36)24(37)33-17-9-7-16(8-10-17)32-20-5-4-6-21-34-19(14-35(20)21)25(28,29)30/h4-6,13-14,16-17,23,32H,7-12,15H2,1-3H3,(H,33,37). The van der Waals surface area contributed by atoms with Gasteiger partial charge in [0, 0.05) is 33.0 Å². The molecule has 0 spiro atoms. The summed E-state index contributed by atoms with van der Waals surface area (Å²) in [5.74, 6) is -0.123. The fourth-order valence-corrected chi connectivity index (χ4v) is 5.31. The Bertz CT molecular complexity index is 1280. The predicted molar refractivity (Wildman–Crippen MR) is 139 cm³/mol. The molecule has 0 aromatic carbocycles. The summed E-state index contributed by atoms with van der Waals surface area (Å²) in [6.07, 6.45) is -2.90. The Hall–Kier alpha value is -3.00. The van der Waals surface area contributed by atoms with Crippen molar-refractivity contribution in [3.8, 4) is 0 Å². The second-order valence-corrected chi connectivity index (χ2v) is 16.6. The minimum absolute atomic E-state index is 0.0341. The molecule has 4 rings (SSSR count). The molecule has 0 unspecified atom stereocenters. The van der Waals surface area contributed by atoms with Crippen LogP contribution in [0.1, 0.15) is 53.9 Å². The predicted octanol–water partition coefficient (Wildman–Crippen LogP) is 5.95. The van der Waals surface area contributed by atoms with E-state index in [1.807, 2.05) is 0 Å². The van der Waals surface area contributed by atoms with Gasteiger partial charge in [-0.1, -0.05) is 25.7 Å². The van der Waals surface area contributed by atoms with Gasteiger partial charge in [-0.25, -0.2) is 18.4 Å². The van der Waals surface area contributed by atoms with E-state index in [1.54, 1.807) is 12.1 Å². The summed E-state index contributed by atoms with van der Waals surface area (Å²) in [4.78, 5) is 16.5. The lowest BCUT2D eigenvalue weighted by Crippen LogP contribution is -2.40. The van der Waals surface area contributed by atoms with Crippen molar-refractivity contribution in [1.29, 1.82) is 0 Å². The highest BCUT2D eigenvalue weighted by Crippen LogP contribution is 2.30. The molecule has 2 N–H and O–H groups in total. The van der Waals surface area contributed by atoms with Crippen LogP contribution < -0.4 is 10.6 Å². The van der Waals surface area contributed by atoms with Crippen LogP contribution in [0.3, 0.4) is 0 Å². The maximum Gasteiger partial charge on any atom is 0.434 e. The van der Waals surface area contributed by atoms with Gasteiger partial charge in [-0.2, -0.15) is 18.3 Å². The van der Waals surface area contributed by atoms with Crippen molar-refractivity contribution in [3.63, 3.8) is 0 Å². The first-order valence-electron chi connectivity index (χ1n) is 12.9. The molecule has 0 aliphatic heterocycles. The number of carbonyl (C=O) groups excluding carboxylic acids is 1. The van der Waals surface area contributed by atoms with E-state index in [0.29, 0.717) is 38.1 Å². The van der Waals surface area contributed by atoms with Gasteiger partial charge in [0.2, 0.25) is 0 Å². The molecule has 3 aromatic rings. The Morgan fingerprint density at radius 1 is 1.15 bits per heavy atom. The van der Waals surface area contributed by atoms with Crippen LogP contribution in [-0.2, 0) is 17.6 Å². The Morgan fingerprint density at radius 2 is 1.85 bits per heavy atom. The second kappa shape index (κ2) is 11.6. The van der Waals surface area contributed by atoms with Crippen molar-refractivity contribution in [2.45, 2.75) is 82.8 Å². The fraction of sp³-hybridized carbons (Fsp3) is 0.560. The highest BCUT2D eigenvalue weighted by atomic mass is 28.3. The quantitative estimate of drug-likeness (QED) is 0.178. The number of nitrogens with zero attached hydrogens (tertiary/aromatic N) is 4. The van der Waals surface area contributed by atoms with Gasteiger partial charge in [-0.05, 0) is 43.9 Å². The number of fused-ring (bicyclic) bond motifs is 1. The molecule has 0 atom stereocenters. The van der Waals surface area contributed by atoms with Gasteiger partial charge in [0.25, 0.3) is 12.3 Å². The summed E-state index contributed by atoms with van der Waals surface area (Å²) in [6, 6.07) is 5.44. The Balaban J connectivity index is 1.33. The van der Waals surface area contributed by atoms with E-state index in [1.165, 1.54) is 10.5 Å². The number of rotatable bonds is 10. The maximum atomic E-state index is 13.8. The van der Waals surface area contributed by atoms with E-state index < -0.39 is 38.0 Å². The maximum absolute atomic E-state index is 13.8. The molecule has 8 nitrogen and oxygen atoms in total. The lowest BCUT2D eigenvalue weighted by Gasteiger charge is -2.30. The number of nitrogens with one attached hydrogen (secondary N) is 2. The molecule has 1 aliphatic carbocycles. The third-order valence-corrected chi connectivity index (χ3v) is 8.44. The number of alkyl halides is 5. The molecule has 39 heavy (non-hydrogen) atoms. The third-order valence-electron chi connectivity index (χ3n) is 6.74. The normalized spacial score (nSPS) is 18.6. The topological polar surface area (TPSA) is 85.5 Å². The molecule has 3 heterocycles. The van der Waals surface area contributed by atoms with Gasteiger partial charge >= 0.3 is 6.18 Å². The van der Waals surface area contributed by atoms with Gasteiger partial charge in [0.05, 0.1) is 11.8 Å². The zero-order valence-corrected chi connectivity index (χ0v) is 23.1. The van der Waals surface area contributed by atoms with E-state index in [0.717, 1.165) is 23.1 Å². The lowest BCUT2D eigenvalue weighted by molar-refractivity contribution is -0.140. The van der Waals surface area contributed by atoms with Crippen LogP contribution >= 0.6 is 0 Å². The van der Waals surface area contributed by atoms with Gasteiger partial charge in [-0.15, -0.1) is 0 Å². The molecular weight excluding hydrogens is 539 g/mol. The number of anilines is 1. The summed E-state index contributed by atoms with van der Waals surface area (Å²) in [6.45, 7) is 6.86. The Kier molecular flexibility index (Phi) is 8.64. The first-order chi connectivity index (χ1) is 18.3. The summed E-state index contributed by atoms with van der Waals surface area (Å²) >= 11 is 0. The lowest BCUT2D eigenvalue weighted by atomic mass is 9.91. The van der Waals surface area contributed by atoms with Crippen molar-refractivity contribution < 1.29 is 31.5 Å². The van der Waals surface area contributed by atoms with Crippen molar-refractivity contribution in [1.82, 2.24) is 24.5 Å². The minimum Gasteiger partial charge on any atom is -0.368 e. The zero-order chi connectivity index (χ0) is 28.4. The molecule has 1 aliphatic rings. The largest absolute Gasteiger partial charge is 0.434 e. The van der Waals surface area contributed by atoms with Crippen LogP contribution in [0.2, 0.25) is 25.7 Å². The van der Waals surface area contributed by atoms with Crippen LogP contribution in [-0.4, -0.2) is 51.8 Å². The Labute approximate surface area is 223 Å². The zero-order valence-electron chi connectivity index (χ0n) is 22.1. The van der Waals surface area contributed by atoms with Gasteiger partial charge in [0.1, 0.15) is 23.9 Å². The van der Waals surface area contributed by atoms with Crippen molar-refractivity contribution >= 4 is 25.4 Å². The van der Waals surface area contributed by atoms with Crippen LogP contribution in [0.5, 0.6) is 0 Å². The van der Waals surface area contributed by atoms with Crippen molar-refractivity contribution in [3.05, 3.63) is 47.5 Å². The molecule has 0 saturated heterocycles. The van der Waals surface area contributed by atoms with Crippen molar-refractivity contribution in [2.75, 3.05) is 11.9 Å². The summed E-state index contributed by atoms with van der Waals surface area (Å²) < 4.78 is 74.8. The number of hydrogen-bond donors (Lipinski definition) is 2. The molecule has 0 radical (unpaired) electrons. The van der Waals surface area contributed by atoms with Gasteiger partial charge in [-0.3, -0.25) is 9.20 Å². The molecule has 3 aromatic heterocycles. The highest BCUT2D eigenvalue weighted by molar-refractivity contribution is 6.76. The molecule has 1 saturated carbocycles. The van der Waals surface area contributed by atoms with Crippen LogP contribution in [0.15, 0.2) is 30.6 Å². The van der Waals surface area contributed by atoms with E-state index >= 15 is 0 Å². The van der Waals surface area contributed by atoms with Crippen LogP contribution in [0, 0.1) is 0 Å². The summed E-state index contributed by atoms with van der Waals surface area (Å²) in [5, 5.41) is 10.1. The number of ether oxygens (including phenoxy) is 1. The molecule has 1 amide bonds. The first kappa shape index (κ1) is 29.0. The number of pyridine rings is 1. The van der Waals surface area contributed by atoms with E-state index in [4.69, 9.17) is 4.74 Å². The average molecular weight is 573 g/mol. The number of aromatic nitrogens is 4. The molecule has 0 bridgehead atoms. The second-order valence-electron chi connectivity index (χ2n) is 11.0. The summed E-state index contributed by atoms with van der Waals surface area (Å²) in [7, 11) is -1.33. The fourth-order valence-electron chi connectivity index (χ4n) is 4.55. The van der Waals surface area contributed by atoms with E-state index in [2.05, 4.69) is 40.4 Å². The molecular formula is C25H33F5N6O2Si. The number of imidazole rings is 1. The van der Waals surface area contributed by atoms with Crippen LogP contribution in [0.4, 0.5) is 27.8 Å². The first-order valence-corrected chi connectivity index (χ1v) is 16.6. The SMILES string of the molecule is C[Si](C)(C)CCOCn1ncc(C(=O)NC2CCC(Nc3cccc4nc(C(F)(F)F)cn34)CC2)c1C(F)F. The van der Waals surface area contributed by atoms with Crippen molar-refractivity contribution in [2.24, 2.45) is 0 Å². The molecule has 14 heteroatoms. The highest BCUT2D eigenvalue weighted by Gasteiger charge is 2.34. The van der Waals surface area contributed by atoms with Gasteiger partial charge < -0.3 is 15.4 Å². The van der Waals surface area contributed by atoms with Gasteiger partial charge in [0.15, 0.2) is 5.69 Å². The van der Waals surface area contributed by atoms with E-state index in [-0.39, 0.29) is 30.0 Å². The average Bonchev–Trinajstić information content (AvgIpc) is 3.48. The number of hydrogen-bond acceptors (Lipinski definition) is 5. The third kappa shape index (κ3) is 7.35. The smallest absolute Gasteiger partial charge is 0.368 e.